The summed E-state index contributed by atoms with van der Waals surface area (Å²) in [6.07, 6.45) is -2.99. The number of benzene rings is 1. The summed E-state index contributed by atoms with van der Waals surface area (Å²) in [7, 11) is 1.60. The van der Waals surface area contributed by atoms with Crippen LogP contribution < -0.4 is 4.80 Å². The Bertz CT molecular complexity index is 1040. The van der Waals surface area contributed by atoms with Crippen LogP contribution in [0.1, 0.15) is 11.1 Å². The summed E-state index contributed by atoms with van der Waals surface area (Å²) >= 11 is 6.39. The van der Waals surface area contributed by atoms with Crippen LogP contribution in [0.2, 0.25) is 0 Å². The Morgan fingerprint density at radius 2 is 2.07 bits per heavy atom. The second-order valence-electron chi connectivity index (χ2n) is 5.56. The molecule has 3 rings (SSSR count). The van der Waals surface area contributed by atoms with Crippen molar-refractivity contribution in [2.75, 3.05) is 20.3 Å². The molecule has 2 aromatic heterocycles. The Morgan fingerprint density at radius 3 is 2.75 bits per heavy atom. The van der Waals surface area contributed by atoms with Gasteiger partial charge in [0.25, 0.3) is 0 Å². The van der Waals surface area contributed by atoms with Crippen molar-refractivity contribution in [3.8, 4) is 10.6 Å². The minimum Gasteiger partial charge on any atom is -0.383 e. The van der Waals surface area contributed by atoms with Crippen LogP contribution in [-0.4, -0.2) is 31.2 Å². The average molecular weight is 490 g/mol. The van der Waals surface area contributed by atoms with Crippen molar-refractivity contribution in [1.29, 1.82) is 0 Å². The van der Waals surface area contributed by atoms with Gasteiger partial charge in [-0.25, -0.2) is 4.68 Å². The van der Waals surface area contributed by atoms with E-state index in [4.69, 9.17) is 4.74 Å². The van der Waals surface area contributed by atoms with Gasteiger partial charge >= 0.3 is 6.18 Å². The zero-order valence-corrected chi connectivity index (χ0v) is 17.8. The largest absolute Gasteiger partial charge is 0.416 e. The third-order valence-electron chi connectivity index (χ3n) is 3.59. The van der Waals surface area contributed by atoms with Gasteiger partial charge in [-0.05, 0) is 45.8 Å². The predicted molar refractivity (Wildman–Crippen MR) is 110 cm³/mol. The van der Waals surface area contributed by atoms with Crippen molar-refractivity contribution in [3.05, 3.63) is 61.5 Å². The molecule has 2 heterocycles. The summed E-state index contributed by atoms with van der Waals surface area (Å²) < 4.78 is 46.4. The highest BCUT2D eigenvalue weighted by Crippen LogP contribution is 2.32. The van der Waals surface area contributed by atoms with E-state index in [0.717, 1.165) is 26.5 Å². The van der Waals surface area contributed by atoms with Crippen LogP contribution in [-0.2, 0) is 10.9 Å². The third kappa shape index (κ3) is 5.19. The van der Waals surface area contributed by atoms with Crippen molar-refractivity contribution in [3.63, 3.8) is 0 Å². The van der Waals surface area contributed by atoms with Crippen LogP contribution in [0.15, 0.2) is 55.7 Å². The molecule has 10 heteroatoms. The lowest BCUT2D eigenvalue weighted by atomic mass is 10.1. The van der Waals surface area contributed by atoms with Crippen molar-refractivity contribution < 1.29 is 17.9 Å². The topological polar surface area (TPSA) is 38.9 Å². The van der Waals surface area contributed by atoms with Crippen LogP contribution in [0.4, 0.5) is 13.2 Å². The Hall–Kier alpha value is -1.75. The Morgan fingerprint density at radius 1 is 1.25 bits per heavy atom. The first-order chi connectivity index (χ1) is 13.4. The maximum atomic E-state index is 12.9. The molecule has 0 aliphatic heterocycles. The number of hydrogen-bond acceptors (Lipinski definition) is 5. The standard InChI is InChI=1S/C18H15BrF3N3OS2/c1-26-8-7-23-17-25(14(11-27-17)15-5-6-16(19)28-15)24-10-12-3-2-4-13(9-12)18(20,21)22/h2-6,9-11H,7-8H2,1H3. The number of halogens is 4. The van der Waals surface area contributed by atoms with Gasteiger partial charge in [0.2, 0.25) is 4.80 Å². The molecule has 0 bridgehead atoms. The number of rotatable bonds is 6. The molecule has 28 heavy (non-hydrogen) atoms. The summed E-state index contributed by atoms with van der Waals surface area (Å²) in [5.74, 6) is 0. The van der Waals surface area contributed by atoms with Gasteiger partial charge in [-0.3, -0.25) is 4.99 Å². The van der Waals surface area contributed by atoms with E-state index >= 15 is 0 Å². The van der Waals surface area contributed by atoms with E-state index in [2.05, 4.69) is 26.0 Å². The molecule has 0 aliphatic rings. The van der Waals surface area contributed by atoms with Crippen LogP contribution in [0.5, 0.6) is 0 Å². The fraction of sp³-hybridized carbons (Fsp3) is 0.222. The molecular weight excluding hydrogens is 475 g/mol. The highest BCUT2D eigenvalue weighted by atomic mass is 79.9. The molecule has 0 saturated heterocycles. The fourth-order valence-corrected chi connectivity index (χ4v) is 4.61. The smallest absolute Gasteiger partial charge is 0.383 e. The van der Waals surface area contributed by atoms with Gasteiger partial charge in [-0.1, -0.05) is 12.1 Å². The van der Waals surface area contributed by atoms with Crippen molar-refractivity contribution in [1.82, 2.24) is 4.68 Å². The van der Waals surface area contributed by atoms with E-state index in [-0.39, 0.29) is 0 Å². The fourth-order valence-electron chi connectivity index (χ4n) is 2.29. The summed E-state index contributed by atoms with van der Waals surface area (Å²) in [6, 6.07) is 8.93. The molecule has 0 atom stereocenters. The normalized spacial score (nSPS) is 13.0. The number of nitrogens with zero attached hydrogens (tertiary/aromatic N) is 3. The molecule has 0 aliphatic carbocycles. The van der Waals surface area contributed by atoms with Crippen molar-refractivity contribution >= 4 is 44.8 Å². The van der Waals surface area contributed by atoms with E-state index in [1.807, 2.05) is 17.5 Å². The average Bonchev–Trinajstić information content (AvgIpc) is 3.26. The number of thiophene rings is 1. The second kappa shape index (κ2) is 9.17. The molecule has 148 valence electrons. The first-order valence-corrected chi connectivity index (χ1v) is 10.5. The lowest BCUT2D eigenvalue weighted by Gasteiger charge is -2.06. The number of alkyl halides is 3. The maximum Gasteiger partial charge on any atom is 0.416 e. The van der Waals surface area contributed by atoms with E-state index < -0.39 is 11.7 Å². The monoisotopic (exact) mass is 489 g/mol. The molecule has 0 radical (unpaired) electrons. The Kier molecular flexibility index (Phi) is 6.86. The number of thiazole rings is 1. The number of methoxy groups -OCH3 is 1. The van der Waals surface area contributed by atoms with Gasteiger partial charge < -0.3 is 4.74 Å². The summed E-state index contributed by atoms with van der Waals surface area (Å²) in [6.45, 7) is 0.929. The van der Waals surface area contributed by atoms with E-state index in [0.29, 0.717) is 23.5 Å². The van der Waals surface area contributed by atoms with Crippen LogP contribution in [0, 0.1) is 0 Å². The lowest BCUT2D eigenvalue weighted by molar-refractivity contribution is -0.137. The maximum absolute atomic E-state index is 12.9. The molecule has 0 saturated carbocycles. The highest BCUT2D eigenvalue weighted by Gasteiger charge is 2.30. The van der Waals surface area contributed by atoms with E-state index in [9.17, 15) is 13.2 Å². The minimum atomic E-state index is -4.39. The third-order valence-corrected chi connectivity index (χ3v) is 6.09. The molecule has 0 spiro atoms. The zero-order chi connectivity index (χ0) is 20.1. The first-order valence-electron chi connectivity index (χ1n) is 8.06. The van der Waals surface area contributed by atoms with Gasteiger partial charge in [0.1, 0.15) is 0 Å². The van der Waals surface area contributed by atoms with Crippen LogP contribution in [0.25, 0.3) is 10.6 Å². The van der Waals surface area contributed by atoms with Crippen molar-refractivity contribution in [2.45, 2.75) is 6.18 Å². The van der Waals surface area contributed by atoms with Gasteiger partial charge in [-0.15, -0.1) is 22.7 Å². The predicted octanol–water partition coefficient (Wildman–Crippen LogP) is 5.49. The minimum absolute atomic E-state index is 0.356. The lowest BCUT2D eigenvalue weighted by Crippen LogP contribution is -2.13. The molecular formula is C18H15BrF3N3OS2. The van der Waals surface area contributed by atoms with Crippen LogP contribution >= 0.6 is 38.6 Å². The number of ether oxygens (including phenoxy) is 1. The molecule has 3 aromatic rings. The summed E-state index contributed by atoms with van der Waals surface area (Å²) in [5.41, 5.74) is 0.467. The quantitative estimate of drug-likeness (QED) is 0.333. The van der Waals surface area contributed by atoms with E-state index in [1.165, 1.54) is 35.0 Å². The molecule has 0 unspecified atom stereocenters. The number of aromatic nitrogens is 1. The molecule has 0 amide bonds. The molecule has 1 aromatic carbocycles. The van der Waals surface area contributed by atoms with E-state index in [1.54, 1.807) is 17.9 Å². The van der Waals surface area contributed by atoms with Crippen molar-refractivity contribution in [2.24, 2.45) is 10.1 Å². The van der Waals surface area contributed by atoms with Gasteiger partial charge in [0.05, 0.1) is 39.3 Å². The summed E-state index contributed by atoms with van der Waals surface area (Å²) in [5, 5.41) is 6.34. The molecule has 0 N–H and O–H groups in total. The summed E-state index contributed by atoms with van der Waals surface area (Å²) in [4.78, 5) is 6.08. The second-order valence-corrected chi connectivity index (χ2v) is 8.86. The Balaban J connectivity index is 2.00. The SMILES string of the molecule is COCCN=c1scc(-c2ccc(Br)s2)n1N=Cc1cccc(C(F)(F)F)c1. The van der Waals surface area contributed by atoms with Gasteiger partial charge in [0.15, 0.2) is 0 Å². The van der Waals surface area contributed by atoms with Gasteiger partial charge in [0, 0.05) is 12.5 Å². The highest BCUT2D eigenvalue weighted by molar-refractivity contribution is 9.11. The molecule has 0 fully saturated rings. The Labute approximate surface area is 175 Å². The van der Waals surface area contributed by atoms with Crippen LogP contribution in [0.3, 0.4) is 0 Å². The number of hydrogen-bond donors (Lipinski definition) is 0. The zero-order valence-electron chi connectivity index (χ0n) is 14.6. The van der Waals surface area contributed by atoms with Gasteiger partial charge in [-0.2, -0.15) is 18.3 Å². The first kappa shape index (κ1) is 21.0. The molecule has 4 nitrogen and oxygen atoms in total.